The lowest BCUT2D eigenvalue weighted by Crippen LogP contribution is -2.44. The van der Waals surface area contributed by atoms with Gasteiger partial charge in [-0.3, -0.25) is 4.79 Å². The SMILES string of the molecule is CCCNc1ncccc1S(=O)(=O)NC(C)C(=O)NCC. The highest BCUT2D eigenvalue weighted by atomic mass is 32.2. The van der Waals surface area contributed by atoms with Crippen LogP contribution in [-0.2, 0) is 14.8 Å². The van der Waals surface area contributed by atoms with Gasteiger partial charge >= 0.3 is 0 Å². The maximum absolute atomic E-state index is 12.4. The van der Waals surface area contributed by atoms with Crippen molar-refractivity contribution >= 4 is 21.7 Å². The van der Waals surface area contributed by atoms with E-state index in [-0.39, 0.29) is 16.6 Å². The van der Waals surface area contributed by atoms with Crippen LogP contribution in [0.25, 0.3) is 0 Å². The van der Waals surface area contributed by atoms with Crippen molar-refractivity contribution in [3.63, 3.8) is 0 Å². The fraction of sp³-hybridized carbons (Fsp3) is 0.538. The predicted octanol–water partition coefficient (Wildman–Crippen LogP) is 0.706. The molecule has 3 N–H and O–H groups in total. The molecule has 0 bridgehead atoms. The van der Waals surface area contributed by atoms with Crippen LogP contribution >= 0.6 is 0 Å². The molecule has 0 aliphatic heterocycles. The molecule has 1 heterocycles. The van der Waals surface area contributed by atoms with E-state index in [4.69, 9.17) is 0 Å². The Labute approximate surface area is 125 Å². The number of likely N-dealkylation sites (N-methyl/N-ethyl adjacent to an activating group) is 1. The van der Waals surface area contributed by atoms with Crippen LogP contribution in [0.15, 0.2) is 23.2 Å². The van der Waals surface area contributed by atoms with Crippen LogP contribution in [0.5, 0.6) is 0 Å². The summed E-state index contributed by atoms with van der Waals surface area (Å²) in [6, 6.07) is 2.15. The van der Waals surface area contributed by atoms with Crippen LogP contribution < -0.4 is 15.4 Å². The summed E-state index contributed by atoms with van der Waals surface area (Å²) in [5.74, 6) is -0.0806. The lowest BCUT2D eigenvalue weighted by Gasteiger charge is -2.15. The zero-order valence-corrected chi connectivity index (χ0v) is 13.3. The summed E-state index contributed by atoms with van der Waals surface area (Å²) in [5, 5.41) is 5.54. The number of hydrogen-bond donors (Lipinski definition) is 3. The number of anilines is 1. The van der Waals surface area contributed by atoms with Gasteiger partial charge in [-0.05, 0) is 32.4 Å². The van der Waals surface area contributed by atoms with Crippen LogP contribution in [0.1, 0.15) is 27.2 Å². The van der Waals surface area contributed by atoms with Gasteiger partial charge in [-0.25, -0.2) is 13.4 Å². The van der Waals surface area contributed by atoms with Gasteiger partial charge in [0.05, 0.1) is 6.04 Å². The minimum Gasteiger partial charge on any atom is -0.369 e. The van der Waals surface area contributed by atoms with Gasteiger partial charge in [0.1, 0.15) is 10.7 Å². The summed E-state index contributed by atoms with van der Waals surface area (Å²) in [5.41, 5.74) is 0. The Morgan fingerprint density at radius 3 is 2.71 bits per heavy atom. The Morgan fingerprint density at radius 2 is 2.10 bits per heavy atom. The second kappa shape index (κ2) is 7.94. The number of nitrogens with one attached hydrogen (secondary N) is 3. The smallest absolute Gasteiger partial charge is 0.244 e. The first kappa shape index (κ1) is 17.4. The first-order valence-electron chi connectivity index (χ1n) is 6.91. The van der Waals surface area contributed by atoms with Gasteiger partial charge in [-0.1, -0.05) is 6.92 Å². The molecule has 0 radical (unpaired) electrons. The molecular formula is C13H22N4O3S. The molecule has 21 heavy (non-hydrogen) atoms. The van der Waals surface area contributed by atoms with Crippen molar-refractivity contribution in [1.29, 1.82) is 0 Å². The van der Waals surface area contributed by atoms with E-state index in [0.29, 0.717) is 13.1 Å². The van der Waals surface area contributed by atoms with Gasteiger partial charge in [0, 0.05) is 19.3 Å². The highest BCUT2D eigenvalue weighted by Gasteiger charge is 2.24. The second-order valence-corrected chi connectivity index (χ2v) is 6.20. The Hall–Kier alpha value is -1.67. The minimum absolute atomic E-state index is 0.0367. The van der Waals surface area contributed by atoms with E-state index in [1.165, 1.54) is 19.2 Å². The average Bonchev–Trinajstić information content (AvgIpc) is 2.45. The molecule has 0 aliphatic rings. The maximum atomic E-state index is 12.4. The van der Waals surface area contributed by atoms with Crippen LogP contribution in [0, 0.1) is 0 Å². The minimum atomic E-state index is -3.82. The Balaban J connectivity index is 2.95. The van der Waals surface area contributed by atoms with E-state index in [1.54, 1.807) is 13.0 Å². The Morgan fingerprint density at radius 1 is 1.38 bits per heavy atom. The third-order valence-corrected chi connectivity index (χ3v) is 4.25. The zero-order chi connectivity index (χ0) is 15.9. The Bertz CT molecular complexity index is 575. The molecule has 0 aliphatic carbocycles. The van der Waals surface area contributed by atoms with Gasteiger partial charge in [-0.2, -0.15) is 4.72 Å². The summed E-state index contributed by atoms with van der Waals surface area (Å²) >= 11 is 0. The monoisotopic (exact) mass is 314 g/mol. The molecule has 1 rings (SSSR count). The standard InChI is InChI=1S/C13H22N4O3S/c1-4-8-15-12-11(7-6-9-16-12)21(19,20)17-10(3)13(18)14-5-2/h6-7,9-10,17H,4-5,8H2,1-3H3,(H,14,18)(H,15,16). The van der Waals surface area contributed by atoms with E-state index in [0.717, 1.165) is 6.42 Å². The van der Waals surface area contributed by atoms with Gasteiger partial charge < -0.3 is 10.6 Å². The van der Waals surface area contributed by atoms with Crippen LogP contribution in [0.3, 0.4) is 0 Å². The van der Waals surface area contributed by atoms with Crippen LogP contribution in [0.2, 0.25) is 0 Å². The number of carbonyl (C=O) groups is 1. The Kier molecular flexibility index (Phi) is 6.57. The number of aromatic nitrogens is 1. The highest BCUT2D eigenvalue weighted by Crippen LogP contribution is 2.18. The van der Waals surface area contributed by atoms with E-state index < -0.39 is 16.1 Å². The molecule has 0 spiro atoms. The largest absolute Gasteiger partial charge is 0.369 e. The van der Waals surface area contributed by atoms with Gasteiger partial charge in [0.15, 0.2) is 0 Å². The third kappa shape index (κ3) is 4.98. The molecule has 0 fully saturated rings. The summed E-state index contributed by atoms with van der Waals surface area (Å²) < 4.78 is 27.1. The fourth-order valence-corrected chi connectivity index (χ4v) is 3.00. The van der Waals surface area contributed by atoms with E-state index in [1.807, 2.05) is 6.92 Å². The molecule has 1 aromatic heterocycles. The van der Waals surface area contributed by atoms with Crippen LogP contribution in [0.4, 0.5) is 5.82 Å². The lowest BCUT2D eigenvalue weighted by molar-refractivity contribution is -0.122. The second-order valence-electron chi connectivity index (χ2n) is 4.51. The van der Waals surface area contributed by atoms with E-state index in [2.05, 4.69) is 20.3 Å². The summed E-state index contributed by atoms with van der Waals surface area (Å²) in [7, 11) is -3.82. The van der Waals surface area contributed by atoms with Crippen molar-refractivity contribution in [3.8, 4) is 0 Å². The molecule has 0 saturated carbocycles. The van der Waals surface area contributed by atoms with Gasteiger partial charge in [0.2, 0.25) is 15.9 Å². The molecule has 1 amide bonds. The number of rotatable bonds is 8. The number of nitrogens with zero attached hydrogens (tertiary/aromatic N) is 1. The van der Waals surface area contributed by atoms with Crippen molar-refractivity contribution in [2.75, 3.05) is 18.4 Å². The summed E-state index contributed by atoms with van der Waals surface area (Å²) in [6.07, 6.45) is 2.36. The predicted molar refractivity (Wildman–Crippen MR) is 81.5 cm³/mol. The fourth-order valence-electron chi connectivity index (χ4n) is 1.66. The molecule has 1 unspecified atom stereocenters. The van der Waals surface area contributed by atoms with Crippen molar-refractivity contribution in [2.24, 2.45) is 0 Å². The normalized spacial score (nSPS) is 12.7. The molecule has 0 saturated heterocycles. The molecule has 1 aromatic rings. The number of amides is 1. The molecule has 7 nitrogen and oxygen atoms in total. The summed E-state index contributed by atoms with van der Waals surface area (Å²) in [4.78, 5) is 15.7. The van der Waals surface area contributed by atoms with Crippen molar-refractivity contribution in [1.82, 2.24) is 15.0 Å². The molecule has 118 valence electrons. The quantitative estimate of drug-likeness (QED) is 0.656. The molecular weight excluding hydrogens is 292 g/mol. The van der Waals surface area contributed by atoms with Crippen molar-refractivity contribution in [3.05, 3.63) is 18.3 Å². The molecule has 8 heteroatoms. The average molecular weight is 314 g/mol. The number of hydrogen-bond acceptors (Lipinski definition) is 5. The number of pyridine rings is 1. The maximum Gasteiger partial charge on any atom is 0.244 e. The first-order valence-corrected chi connectivity index (χ1v) is 8.39. The third-order valence-electron chi connectivity index (χ3n) is 2.68. The lowest BCUT2D eigenvalue weighted by atomic mass is 10.3. The van der Waals surface area contributed by atoms with Gasteiger partial charge in [-0.15, -0.1) is 0 Å². The van der Waals surface area contributed by atoms with Crippen LogP contribution in [-0.4, -0.2) is 38.4 Å². The highest BCUT2D eigenvalue weighted by molar-refractivity contribution is 7.89. The molecule has 0 aromatic carbocycles. The molecule has 1 atom stereocenters. The first-order chi connectivity index (χ1) is 9.92. The van der Waals surface area contributed by atoms with Gasteiger partial charge in [0.25, 0.3) is 0 Å². The zero-order valence-electron chi connectivity index (χ0n) is 12.5. The van der Waals surface area contributed by atoms with Crippen molar-refractivity contribution < 1.29 is 13.2 Å². The number of carbonyl (C=O) groups excluding carboxylic acids is 1. The van der Waals surface area contributed by atoms with Crippen molar-refractivity contribution in [2.45, 2.75) is 38.1 Å². The number of sulfonamides is 1. The van der Waals surface area contributed by atoms with E-state index >= 15 is 0 Å². The summed E-state index contributed by atoms with van der Waals surface area (Å²) in [6.45, 7) is 6.30. The van der Waals surface area contributed by atoms with E-state index in [9.17, 15) is 13.2 Å². The topological polar surface area (TPSA) is 100 Å².